The summed E-state index contributed by atoms with van der Waals surface area (Å²) in [5, 5.41) is 9.00. The van der Waals surface area contributed by atoms with Crippen molar-refractivity contribution in [3.8, 4) is 0 Å². The molecular weight excluding hydrogens is 184 g/mol. The molecule has 1 aliphatic heterocycles. The van der Waals surface area contributed by atoms with Gasteiger partial charge in [0.05, 0.1) is 5.92 Å². The van der Waals surface area contributed by atoms with Crippen molar-refractivity contribution >= 4 is 11.9 Å². The number of carboxylic acids is 1. The molecular formula is C10H16O4. The molecule has 0 aliphatic carbocycles. The van der Waals surface area contributed by atoms with Gasteiger partial charge >= 0.3 is 11.9 Å². The monoisotopic (exact) mass is 200 g/mol. The van der Waals surface area contributed by atoms with Gasteiger partial charge in [0.1, 0.15) is 0 Å². The summed E-state index contributed by atoms with van der Waals surface area (Å²) in [7, 11) is 0. The first-order chi connectivity index (χ1) is 6.43. The van der Waals surface area contributed by atoms with E-state index in [-0.39, 0.29) is 17.8 Å². The highest BCUT2D eigenvalue weighted by Gasteiger charge is 2.51. The van der Waals surface area contributed by atoms with Gasteiger partial charge in [0.2, 0.25) is 5.60 Å². The van der Waals surface area contributed by atoms with Crippen molar-refractivity contribution in [3.63, 3.8) is 0 Å². The fourth-order valence-corrected chi connectivity index (χ4v) is 1.76. The summed E-state index contributed by atoms with van der Waals surface area (Å²) in [6.07, 6.45) is 0.632. The van der Waals surface area contributed by atoms with Crippen LogP contribution in [0.15, 0.2) is 0 Å². The second-order valence-electron chi connectivity index (χ2n) is 4.13. The van der Waals surface area contributed by atoms with Crippen LogP contribution in [-0.4, -0.2) is 22.6 Å². The first-order valence-corrected chi connectivity index (χ1v) is 4.89. The van der Waals surface area contributed by atoms with E-state index in [1.54, 1.807) is 6.92 Å². The molecule has 2 unspecified atom stereocenters. The lowest BCUT2D eigenvalue weighted by Gasteiger charge is -2.20. The zero-order valence-corrected chi connectivity index (χ0v) is 8.74. The molecule has 1 N–H and O–H groups in total. The summed E-state index contributed by atoms with van der Waals surface area (Å²) in [4.78, 5) is 22.4. The van der Waals surface area contributed by atoms with E-state index in [4.69, 9.17) is 9.84 Å². The molecule has 0 aromatic heterocycles. The molecule has 14 heavy (non-hydrogen) atoms. The highest BCUT2D eigenvalue weighted by molar-refractivity contribution is 5.86. The van der Waals surface area contributed by atoms with E-state index in [0.717, 1.165) is 0 Å². The van der Waals surface area contributed by atoms with Crippen LogP contribution in [0, 0.1) is 11.8 Å². The highest BCUT2D eigenvalue weighted by atomic mass is 16.6. The molecule has 0 amide bonds. The van der Waals surface area contributed by atoms with Crippen LogP contribution in [0.5, 0.6) is 0 Å². The van der Waals surface area contributed by atoms with Gasteiger partial charge in [-0.05, 0) is 12.3 Å². The summed E-state index contributed by atoms with van der Waals surface area (Å²) in [6.45, 7) is 5.53. The van der Waals surface area contributed by atoms with Gasteiger partial charge in [-0.15, -0.1) is 0 Å². The maximum absolute atomic E-state index is 11.4. The van der Waals surface area contributed by atoms with Crippen molar-refractivity contribution in [2.75, 3.05) is 0 Å². The molecule has 1 saturated heterocycles. The molecule has 0 aromatic rings. The molecule has 0 bridgehead atoms. The molecule has 1 fully saturated rings. The van der Waals surface area contributed by atoms with Gasteiger partial charge in [-0.1, -0.05) is 20.8 Å². The van der Waals surface area contributed by atoms with E-state index in [0.29, 0.717) is 12.8 Å². The van der Waals surface area contributed by atoms with E-state index in [1.807, 2.05) is 13.8 Å². The summed E-state index contributed by atoms with van der Waals surface area (Å²) in [5.74, 6) is -1.54. The summed E-state index contributed by atoms with van der Waals surface area (Å²) >= 11 is 0. The van der Waals surface area contributed by atoms with E-state index in [1.165, 1.54) is 0 Å². The molecule has 0 spiro atoms. The second-order valence-corrected chi connectivity index (χ2v) is 4.13. The van der Waals surface area contributed by atoms with Gasteiger partial charge in [-0.2, -0.15) is 0 Å². The first-order valence-electron chi connectivity index (χ1n) is 4.89. The average Bonchev–Trinajstić information content (AvgIpc) is 2.44. The van der Waals surface area contributed by atoms with Crippen LogP contribution < -0.4 is 0 Å². The lowest BCUT2D eigenvalue weighted by atomic mass is 9.86. The number of esters is 1. The number of cyclic esters (lactones) is 1. The van der Waals surface area contributed by atoms with Crippen molar-refractivity contribution in [1.82, 2.24) is 0 Å². The average molecular weight is 200 g/mol. The van der Waals surface area contributed by atoms with Crippen LogP contribution in [0.2, 0.25) is 0 Å². The van der Waals surface area contributed by atoms with Crippen molar-refractivity contribution in [2.24, 2.45) is 11.8 Å². The van der Waals surface area contributed by atoms with Crippen molar-refractivity contribution < 1.29 is 19.4 Å². The predicted molar refractivity (Wildman–Crippen MR) is 49.7 cm³/mol. The van der Waals surface area contributed by atoms with Crippen LogP contribution in [0.25, 0.3) is 0 Å². The number of rotatable bonds is 3. The van der Waals surface area contributed by atoms with E-state index in [2.05, 4.69) is 0 Å². The Hall–Kier alpha value is -1.06. The van der Waals surface area contributed by atoms with Crippen molar-refractivity contribution in [3.05, 3.63) is 0 Å². The fraction of sp³-hybridized carbons (Fsp3) is 0.800. The van der Waals surface area contributed by atoms with Crippen LogP contribution in [0.4, 0.5) is 0 Å². The quantitative estimate of drug-likeness (QED) is 0.700. The number of ether oxygens (including phenoxy) is 1. The summed E-state index contributed by atoms with van der Waals surface area (Å²) in [6, 6.07) is 0. The molecule has 0 radical (unpaired) electrons. The van der Waals surface area contributed by atoms with Crippen LogP contribution in [0.1, 0.15) is 33.6 Å². The zero-order chi connectivity index (χ0) is 10.9. The molecule has 4 heteroatoms. The van der Waals surface area contributed by atoms with Gasteiger partial charge in [0.25, 0.3) is 0 Å². The van der Waals surface area contributed by atoms with E-state index in [9.17, 15) is 9.59 Å². The van der Waals surface area contributed by atoms with Crippen LogP contribution >= 0.6 is 0 Å². The SMILES string of the molecule is CCC1(C(=O)O)CC(C(C)C)C(=O)O1. The summed E-state index contributed by atoms with van der Waals surface area (Å²) in [5.41, 5.74) is -1.27. The first kappa shape index (κ1) is 11.0. The molecule has 4 nitrogen and oxygen atoms in total. The molecule has 80 valence electrons. The predicted octanol–water partition coefficient (Wildman–Crippen LogP) is 1.44. The number of hydrogen-bond acceptors (Lipinski definition) is 3. The van der Waals surface area contributed by atoms with E-state index >= 15 is 0 Å². The minimum atomic E-state index is -1.27. The van der Waals surface area contributed by atoms with E-state index < -0.39 is 11.6 Å². The topological polar surface area (TPSA) is 63.6 Å². The Morgan fingerprint density at radius 2 is 2.29 bits per heavy atom. The van der Waals surface area contributed by atoms with Crippen LogP contribution in [-0.2, 0) is 14.3 Å². The van der Waals surface area contributed by atoms with Gasteiger partial charge in [0, 0.05) is 6.42 Å². The Balaban J connectivity index is 2.88. The molecule has 0 aromatic carbocycles. The second kappa shape index (κ2) is 3.59. The lowest BCUT2D eigenvalue weighted by molar-refractivity contribution is -0.170. The fourth-order valence-electron chi connectivity index (χ4n) is 1.76. The molecule has 2 atom stereocenters. The Morgan fingerprint density at radius 3 is 2.50 bits per heavy atom. The third-order valence-electron chi connectivity index (χ3n) is 2.91. The number of carbonyl (C=O) groups is 2. The molecule has 1 aliphatic rings. The van der Waals surface area contributed by atoms with Crippen LogP contribution in [0.3, 0.4) is 0 Å². The van der Waals surface area contributed by atoms with Crippen molar-refractivity contribution in [2.45, 2.75) is 39.2 Å². The number of aliphatic carboxylic acids is 1. The molecule has 0 saturated carbocycles. The lowest BCUT2D eigenvalue weighted by Crippen LogP contribution is -2.37. The molecule has 1 rings (SSSR count). The Morgan fingerprint density at radius 1 is 1.71 bits per heavy atom. The Labute approximate surface area is 83.2 Å². The normalized spacial score (nSPS) is 32.0. The Kier molecular flexibility index (Phi) is 2.83. The molecule has 1 heterocycles. The zero-order valence-electron chi connectivity index (χ0n) is 8.74. The van der Waals surface area contributed by atoms with Gasteiger partial charge in [-0.3, -0.25) is 4.79 Å². The smallest absolute Gasteiger partial charge is 0.348 e. The minimum absolute atomic E-state index is 0.135. The highest BCUT2D eigenvalue weighted by Crippen LogP contribution is 2.37. The third kappa shape index (κ3) is 1.61. The van der Waals surface area contributed by atoms with Gasteiger partial charge in [0.15, 0.2) is 0 Å². The van der Waals surface area contributed by atoms with Gasteiger partial charge < -0.3 is 9.84 Å². The standard InChI is InChI=1S/C10H16O4/c1-4-10(9(12)13)5-7(6(2)3)8(11)14-10/h6-7H,4-5H2,1-3H3,(H,12,13). The number of carbonyl (C=O) groups excluding carboxylic acids is 1. The number of hydrogen-bond donors (Lipinski definition) is 1. The summed E-state index contributed by atoms with van der Waals surface area (Å²) < 4.78 is 5.00. The maximum Gasteiger partial charge on any atom is 0.348 e. The largest absolute Gasteiger partial charge is 0.478 e. The van der Waals surface area contributed by atoms with Crippen molar-refractivity contribution in [1.29, 1.82) is 0 Å². The Bertz CT molecular complexity index is 259. The third-order valence-corrected chi connectivity index (χ3v) is 2.91. The minimum Gasteiger partial charge on any atom is -0.478 e. The maximum atomic E-state index is 11.4. The number of carboxylic acid groups (broad SMARTS) is 1. The van der Waals surface area contributed by atoms with Gasteiger partial charge in [-0.25, -0.2) is 4.79 Å².